The Morgan fingerprint density at radius 3 is 2.47 bits per heavy atom. The molecule has 0 amide bonds. The van der Waals surface area contributed by atoms with Gasteiger partial charge in [-0.2, -0.15) is 0 Å². The predicted molar refractivity (Wildman–Crippen MR) is 63.4 cm³/mol. The third kappa shape index (κ3) is 9.26. The summed E-state index contributed by atoms with van der Waals surface area (Å²) in [4.78, 5) is 10.6. The first-order valence-corrected chi connectivity index (χ1v) is 5.41. The molecule has 0 aromatic carbocycles. The van der Waals surface area contributed by atoms with Crippen molar-refractivity contribution in [2.24, 2.45) is 5.92 Å². The molecule has 1 unspecified atom stereocenters. The van der Waals surface area contributed by atoms with Gasteiger partial charge in [0.2, 0.25) is 0 Å². The van der Waals surface area contributed by atoms with E-state index in [0.29, 0.717) is 11.7 Å². The predicted octanol–water partition coefficient (Wildman–Crippen LogP) is 3.84. The van der Waals surface area contributed by atoms with Crippen molar-refractivity contribution in [3.05, 3.63) is 24.0 Å². The topological polar surface area (TPSA) is 26.3 Å². The minimum Gasteiger partial charge on any atom is -0.432 e. The fourth-order valence-corrected chi connectivity index (χ4v) is 1.39. The molecule has 86 valence electrons. The van der Waals surface area contributed by atoms with Crippen LogP contribution in [0.25, 0.3) is 0 Å². The third-order valence-electron chi connectivity index (χ3n) is 2.08. The second-order valence-corrected chi connectivity index (χ2v) is 4.30. The van der Waals surface area contributed by atoms with Crippen molar-refractivity contribution in [1.82, 2.24) is 0 Å². The van der Waals surface area contributed by atoms with E-state index >= 15 is 0 Å². The van der Waals surface area contributed by atoms with Crippen molar-refractivity contribution in [3.63, 3.8) is 0 Å². The van der Waals surface area contributed by atoms with Crippen LogP contribution in [-0.4, -0.2) is 5.97 Å². The van der Waals surface area contributed by atoms with Gasteiger partial charge in [0.1, 0.15) is 5.76 Å². The molecule has 0 saturated heterocycles. The fourth-order valence-electron chi connectivity index (χ4n) is 1.39. The monoisotopic (exact) mass is 210 g/mol. The second kappa shape index (κ2) is 7.27. The Kier molecular flexibility index (Phi) is 6.76. The van der Waals surface area contributed by atoms with E-state index in [1.54, 1.807) is 0 Å². The molecule has 0 aliphatic carbocycles. The van der Waals surface area contributed by atoms with Gasteiger partial charge >= 0.3 is 5.97 Å². The molecule has 0 bridgehead atoms. The van der Waals surface area contributed by atoms with Crippen LogP contribution in [0.5, 0.6) is 0 Å². The Balaban J connectivity index is 3.73. The molecule has 2 heteroatoms. The van der Waals surface area contributed by atoms with Gasteiger partial charge in [0, 0.05) is 13.3 Å². The molecule has 1 atom stereocenters. The van der Waals surface area contributed by atoms with Gasteiger partial charge in [-0.15, -0.1) is 0 Å². The molecule has 0 aromatic heterocycles. The van der Waals surface area contributed by atoms with Crippen molar-refractivity contribution in [2.75, 3.05) is 0 Å². The second-order valence-electron chi connectivity index (χ2n) is 4.30. The SMILES string of the molecule is C=C(CC(C)CCC=C(C)C)OC(C)=O. The number of ether oxygens (including phenoxy) is 1. The maximum atomic E-state index is 10.6. The van der Waals surface area contributed by atoms with Gasteiger partial charge < -0.3 is 4.74 Å². The highest BCUT2D eigenvalue weighted by Crippen LogP contribution is 2.17. The molecule has 0 aliphatic heterocycles. The van der Waals surface area contributed by atoms with Gasteiger partial charge in [0.25, 0.3) is 0 Å². The normalized spacial score (nSPS) is 11.7. The van der Waals surface area contributed by atoms with Crippen LogP contribution in [0.4, 0.5) is 0 Å². The van der Waals surface area contributed by atoms with Gasteiger partial charge in [-0.25, -0.2) is 0 Å². The summed E-state index contributed by atoms with van der Waals surface area (Å²) in [6.45, 7) is 11.5. The highest BCUT2D eigenvalue weighted by Gasteiger charge is 2.06. The highest BCUT2D eigenvalue weighted by molar-refractivity contribution is 5.67. The largest absolute Gasteiger partial charge is 0.432 e. The Labute approximate surface area is 93.0 Å². The lowest BCUT2D eigenvalue weighted by Gasteiger charge is -2.11. The van der Waals surface area contributed by atoms with Gasteiger partial charge in [-0.1, -0.05) is 25.2 Å². The number of carbonyl (C=O) groups excluding carboxylic acids is 1. The summed E-state index contributed by atoms with van der Waals surface area (Å²) in [6, 6.07) is 0. The molecule has 0 heterocycles. The minimum absolute atomic E-state index is 0.281. The molecule has 0 rings (SSSR count). The maximum Gasteiger partial charge on any atom is 0.307 e. The van der Waals surface area contributed by atoms with Crippen molar-refractivity contribution in [1.29, 1.82) is 0 Å². The Morgan fingerprint density at radius 2 is 2.00 bits per heavy atom. The van der Waals surface area contributed by atoms with Crippen molar-refractivity contribution in [3.8, 4) is 0 Å². The van der Waals surface area contributed by atoms with E-state index in [0.717, 1.165) is 19.3 Å². The lowest BCUT2D eigenvalue weighted by atomic mass is 10.0. The van der Waals surface area contributed by atoms with E-state index in [1.165, 1.54) is 12.5 Å². The quantitative estimate of drug-likeness (QED) is 0.378. The highest BCUT2D eigenvalue weighted by atomic mass is 16.5. The van der Waals surface area contributed by atoms with E-state index in [4.69, 9.17) is 4.74 Å². The van der Waals surface area contributed by atoms with Gasteiger partial charge in [0.15, 0.2) is 0 Å². The van der Waals surface area contributed by atoms with E-state index in [9.17, 15) is 4.79 Å². The average molecular weight is 210 g/mol. The molecular weight excluding hydrogens is 188 g/mol. The molecule has 0 N–H and O–H groups in total. The molecule has 0 spiro atoms. The van der Waals surface area contributed by atoms with Crippen LogP contribution >= 0.6 is 0 Å². The lowest BCUT2D eigenvalue weighted by Crippen LogP contribution is -2.02. The number of rotatable bonds is 6. The molecule has 0 fully saturated rings. The zero-order valence-corrected chi connectivity index (χ0v) is 10.3. The summed E-state index contributed by atoms with van der Waals surface area (Å²) < 4.78 is 4.90. The summed E-state index contributed by atoms with van der Waals surface area (Å²) in [6.07, 6.45) is 5.17. The van der Waals surface area contributed by atoms with Crippen LogP contribution in [0.1, 0.15) is 47.0 Å². The average Bonchev–Trinajstić information content (AvgIpc) is 2.00. The molecule has 0 radical (unpaired) electrons. The molecule has 0 saturated carbocycles. The van der Waals surface area contributed by atoms with Crippen molar-refractivity contribution >= 4 is 5.97 Å². The number of hydrogen-bond acceptors (Lipinski definition) is 2. The van der Waals surface area contributed by atoms with Gasteiger partial charge in [-0.05, 0) is 32.6 Å². The minimum atomic E-state index is -0.281. The Bertz CT molecular complexity index is 247. The molecule has 0 aromatic rings. The summed E-state index contributed by atoms with van der Waals surface area (Å²) in [7, 11) is 0. The Hall–Kier alpha value is -1.05. The van der Waals surface area contributed by atoms with Crippen LogP contribution in [-0.2, 0) is 9.53 Å². The molecule has 2 nitrogen and oxygen atoms in total. The standard InChI is InChI=1S/C13H22O2/c1-10(2)7-6-8-11(3)9-12(4)15-13(5)14/h7,11H,4,6,8-9H2,1-3,5H3. The number of hydrogen-bond donors (Lipinski definition) is 0. The first-order chi connectivity index (χ1) is 6.91. The summed E-state index contributed by atoms with van der Waals surface area (Å²) in [5.41, 5.74) is 1.35. The van der Waals surface area contributed by atoms with Gasteiger partial charge in [-0.3, -0.25) is 4.79 Å². The van der Waals surface area contributed by atoms with Crippen LogP contribution in [0.3, 0.4) is 0 Å². The maximum absolute atomic E-state index is 10.6. The van der Waals surface area contributed by atoms with E-state index in [1.807, 2.05) is 0 Å². The Morgan fingerprint density at radius 1 is 1.40 bits per heavy atom. The molecule has 15 heavy (non-hydrogen) atoms. The van der Waals surface area contributed by atoms with Crippen LogP contribution in [0.15, 0.2) is 24.0 Å². The zero-order valence-electron chi connectivity index (χ0n) is 10.3. The van der Waals surface area contributed by atoms with E-state index in [2.05, 4.69) is 33.4 Å². The van der Waals surface area contributed by atoms with E-state index < -0.39 is 0 Å². The fraction of sp³-hybridized carbons (Fsp3) is 0.615. The number of allylic oxidation sites excluding steroid dienone is 3. The van der Waals surface area contributed by atoms with Crippen molar-refractivity contribution < 1.29 is 9.53 Å². The summed E-state index contributed by atoms with van der Waals surface area (Å²) in [5.74, 6) is 0.802. The first-order valence-electron chi connectivity index (χ1n) is 5.41. The van der Waals surface area contributed by atoms with Gasteiger partial charge in [0.05, 0.1) is 0 Å². The first kappa shape index (κ1) is 13.9. The van der Waals surface area contributed by atoms with Crippen LogP contribution in [0, 0.1) is 5.92 Å². The van der Waals surface area contributed by atoms with Crippen LogP contribution in [0.2, 0.25) is 0 Å². The van der Waals surface area contributed by atoms with E-state index in [-0.39, 0.29) is 5.97 Å². The molecule has 0 aliphatic rings. The zero-order chi connectivity index (χ0) is 11.8. The third-order valence-corrected chi connectivity index (χ3v) is 2.08. The number of carbonyl (C=O) groups is 1. The van der Waals surface area contributed by atoms with Crippen molar-refractivity contribution in [2.45, 2.75) is 47.0 Å². The van der Waals surface area contributed by atoms with Crippen LogP contribution < -0.4 is 0 Å². The summed E-state index contributed by atoms with van der Waals surface area (Å²) in [5, 5.41) is 0. The number of esters is 1. The smallest absolute Gasteiger partial charge is 0.307 e. The molecular formula is C13H22O2. The summed E-state index contributed by atoms with van der Waals surface area (Å²) >= 11 is 0. The lowest BCUT2D eigenvalue weighted by molar-refractivity contribution is -0.137.